The number of aromatic nitrogens is 1. The molecule has 1 saturated carbocycles. The zero-order valence-corrected chi connectivity index (χ0v) is 12.1. The number of aryl methyl sites for hydroxylation is 1. The number of rotatable bonds is 4. The summed E-state index contributed by atoms with van der Waals surface area (Å²) in [5, 5.41) is 12.0. The minimum atomic E-state index is -1.34. The van der Waals surface area contributed by atoms with Crippen LogP contribution in [-0.2, 0) is 16.1 Å². The van der Waals surface area contributed by atoms with Crippen LogP contribution in [0.25, 0.3) is 0 Å². The lowest BCUT2D eigenvalue weighted by Crippen LogP contribution is -2.47. The second-order valence-electron chi connectivity index (χ2n) is 5.66. The number of aliphatic carboxylic acids is 1. The van der Waals surface area contributed by atoms with Crippen LogP contribution in [0.15, 0.2) is 17.1 Å². The number of carboxylic acid groups (broad SMARTS) is 1. The average molecular weight is 292 g/mol. The molecule has 114 valence electrons. The Morgan fingerprint density at radius 2 is 2.00 bits per heavy atom. The lowest BCUT2D eigenvalue weighted by Gasteiger charge is -2.31. The lowest BCUT2D eigenvalue weighted by molar-refractivity contribution is -0.158. The van der Waals surface area contributed by atoms with Crippen LogP contribution in [0.1, 0.15) is 43.2 Å². The average Bonchev–Trinajstić information content (AvgIpc) is 2.48. The smallest absolute Gasteiger partial charge is 0.319 e. The third kappa shape index (κ3) is 3.15. The number of carbonyl (C=O) groups excluding carboxylic acids is 1. The minimum absolute atomic E-state index is 0.0465. The van der Waals surface area contributed by atoms with Crippen molar-refractivity contribution in [3.8, 4) is 0 Å². The molecule has 0 bridgehead atoms. The molecule has 1 aromatic heterocycles. The molecule has 3 N–H and O–H groups in total. The van der Waals surface area contributed by atoms with Crippen molar-refractivity contribution in [3.63, 3.8) is 0 Å². The zero-order valence-electron chi connectivity index (χ0n) is 12.1. The summed E-state index contributed by atoms with van der Waals surface area (Å²) >= 11 is 0. The predicted molar refractivity (Wildman–Crippen MR) is 76.8 cm³/mol. The third-order valence-corrected chi connectivity index (χ3v) is 4.12. The van der Waals surface area contributed by atoms with Gasteiger partial charge in [-0.2, -0.15) is 0 Å². The van der Waals surface area contributed by atoms with E-state index in [1.54, 1.807) is 12.3 Å². The summed E-state index contributed by atoms with van der Waals surface area (Å²) in [6.45, 7) is 1.88. The number of hydrogen-bond acceptors (Lipinski definition) is 3. The highest BCUT2D eigenvalue weighted by molar-refractivity contribution is 6.01. The quantitative estimate of drug-likeness (QED) is 0.729. The molecule has 0 atom stereocenters. The fourth-order valence-electron chi connectivity index (χ4n) is 2.82. The van der Waals surface area contributed by atoms with Gasteiger partial charge in [-0.15, -0.1) is 0 Å². The molecule has 0 unspecified atom stereocenters. The SMILES string of the molecule is Cc1c[nH]c(=O)c(CNC(=O)C2(C(=O)O)CCCCC2)c1. The van der Waals surface area contributed by atoms with Gasteiger partial charge in [-0.05, 0) is 31.4 Å². The summed E-state index contributed by atoms with van der Waals surface area (Å²) in [6.07, 6.45) is 4.75. The van der Waals surface area contributed by atoms with Gasteiger partial charge in [0.2, 0.25) is 5.91 Å². The Morgan fingerprint density at radius 3 is 2.62 bits per heavy atom. The number of aromatic amines is 1. The van der Waals surface area contributed by atoms with Crippen LogP contribution in [0.2, 0.25) is 0 Å². The third-order valence-electron chi connectivity index (χ3n) is 4.12. The van der Waals surface area contributed by atoms with E-state index in [0.29, 0.717) is 18.4 Å². The number of hydrogen-bond donors (Lipinski definition) is 3. The molecule has 0 aliphatic heterocycles. The number of nitrogens with one attached hydrogen (secondary N) is 2. The van der Waals surface area contributed by atoms with Crippen LogP contribution in [0, 0.1) is 12.3 Å². The largest absolute Gasteiger partial charge is 0.480 e. The molecule has 1 amide bonds. The van der Waals surface area contributed by atoms with Gasteiger partial charge in [-0.25, -0.2) is 0 Å². The van der Waals surface area contributed by atoms with E-state index >= 15 is 0 Å². The monoisotopic (exact) mass is 292 g/mol. The second kappa shape index (κ2) is 6.11. The summed E-state index contributed by atoms with van der Waals surface area (Å²) < 4.78 is 0. The molecule has 6 heteroatoms. The maximum Gasteiger partial charge on any atom is 0.319 e. The molecular weight excluding hydrogens is 272 g/mol. The van der Waals surface area contributed by atoms with E-state index in [2.05, 4.69) is 10.3 Å². The Balaban J connectivity index is 2.11. The van der Waals surface area contributed by atoms with Gasteiger partial charge in [-0.3, -0.25) is 14.4 Å². The number of carbonyl (C=O) groups is 2. The second-order valence-corrected chi connectivity index (χ2v) is 5.66. The Bertz CT molecular complexity index is 600. The topological polar surface area (TPSA) is 99.3 Å². The van der Waals surface area contributed by atoms with Gasteiger partial charge >= 0.3 is 5.97 Å². The van der Waals surface area contributed by atoms with Crippen molar-refractivity contribution in [2.24, 2.45) is 5.41 Å². The first-order chi connectivity index (χ1) is 9.95. The van der Waals surface area contributed by atoms with Crippen LogP contribution in [-0.4, -0.2) is 22.0 Å². The summed E-state index contributed by atoms with van der Waals surface area (Å²) in [6, 6.07) is 1.69. The van der Waals surface area contributed by atoms with E-state index in [1.165, 1.54) is 0 Å². The molecule has 1 aromatic rings. The Hall–Kier alpha value is -2.11. The number of pyridine rings is 1. The van der Waals surface area contributed by atoms with Crippen molar-refractivity contribution in [1.82, 2.24) is 10.3 Å². The zero-order chi connectivity index (χ0) is 15.5. The van der Waals surface area contributed by atoms with Gasteiger partial charge in [0.15, 0.2) is 0 Å². The maximum absolute atomic E-state index is 12.3. The van der Waals surface area contributed by atoms with Crippen molar-refractivity contribution in [3.05, 3.63) is 33.7 Å². The van der Waals surface area contributed by atoms with Crippen LogP contribution in [0.3, 0.4) is 0 Å². The van der Waals surface area contributed by atoms with E-state index in [4.69, 9.17) is 0 Å². The minimum Gasteiger partial charge on any atom is -0.480 e. The van der Waals surface area contributed by atoms with Gasteiger partial charge in [0.05, 0.1) is 0 Å². The molecule has 1 aliphatic carbocycles. The van der Waals surface area contributed by atoms with Crippen molar-refractivity contribution < 1.29 is 14.7 Å². The maximum atomic E-state index is 12.3. The Kier molecular flexibility index (Phi) is 4.45. The molecule has 1 heterocycles. The van der Waals surface area contributed by atoms with Gasteiger partial charge in [0.25, 0.3) is 5.56 Å². The van der Waals surface area contributed by atoms with Gasteiger partial charge in [0, 0.05) is 18.3 Å². The van der Waals surface area contributed by atoms with E-state index < -0.39 is 17.3 Å². The molecule has 0 saturated heterocycles. The summed E-state index contributed by atoms with van der Waals surface area (Å²) in [4.78, 5) is 38.1. The van der Waals surface area contributed by atoms with Crippen LogP contribution in [0.4, 0.5) is 0 Å². The molecule has 0 radical (unpaired) electrons. The molecule has 6 nitrogen and oxygen atoms in total. The number of amides is 1. The first kappa shape index (κ1) is 15.3. The van der Waals surface area contributed by atoms with Crippen molar-refractivity contribution >= 4 is 11.9 Å². The standard InChI is InChI=1S/C15H20N2O4/c1-10-7-11(12(18)16-8-10)9-17-13(19)15(14(20)21)5-3-2-4-6-15/h7-8H,2-6,9H2,1H3,(H,16,18)(H,17,19)(H,20,21). The molecule has 1 fully saturated rings. The van der Waals surface area contributed by atoms with E-state index in [-0.39, 0.29) is 12.1 Å². The lowest BCUT2D eigenvalue weighted by atomic mass is 9.73. The van der Waals surface area contributed by atoms with E-state index in [0.717, 1.165) is 24.8 Å². The fourth-order valence-corrected chi connectivity index (χ4v) is 2.82. The van der Waals surface area contributed by atoms with Crippen LogP contribution in [0.5, 0.6) is 0 Å². The number of carboxylic acids is 1. The predicted octanol–water partition coefficient (Wildman–Crippen LogP) is 1.33. The van der Waals surface area contributed by atoms with Crippen molar-refractivity contribution in [1.29, 1.82) is 0 Å². The molecule has 2 rings (SSSR count). The number of H-pyrrole nitrogens is 1. The van der Waals surface area contributed by atoms with E-state index in [1.807, 2.05) is 6.92 Å². The van der Waals surface area contributed by atoms with Crippen LogP contribution >= 0.6 is 0 Å². The normalized spacial score (nSPS) is 17.2. The molecule has 1 aliphatic rings. The first-order valence-electron chi connectivity index (χ1n) is 7.15. The Labute approximate surface area is 122 Å². The Morgan fingerprint density at radius 1 is 1.33 bits per heavy atom. The van der Waals surface area contributed by atoms with Gasteiger partial charge in [0.1, 0.15) is 5.41 Å². The molecular formula is C15H20N2O4. The van der Waals surface area contributed by atoms with Gasteiger partial charge in [-0.1, -0.05) is 19.3 Å². The van der Waals surface area contributed by atoms with Crippen LogP contribution < -0.4 is 10.9 Å². The van der Waals surface area contributed by atoms with Crippen molar-refractivity contribution in [2.75, 3.05) is 0 Å². The molecule has 0 aromatic carbocycles. The van der Waals surface area contributed by atoms with Gasteiger partial charge < -0.3 is 15.4 Å². The van der Waals surface area contributed by atoms with Crippen molar-refractivity contribution in [2.45, 2.75) is 45.6 Å². The summed E-state index contributed by atoms with van der Waals surface area (Å²) in [5.74, 6) is -1.56. The highest BCUT2D eigenvalue weighted by Gasteiger charge is 2.46. The summed E-state index contributed by atoms with van der Waals surface area (Å²) in [5.41, 5.74) is -0.299. The molecule has 0 spiro atoms. The first-order valence-corrected chi connectivity index (χ1v) is 7.15. The van der Waals surface area contributed by atoms with E-state index in [9.17, 15) is 19.5 Å². The molecule has 21 heavy (non-hydrogen) atoms. The highest BCUT2D eigenvalue weighted by Crippen LogP contribution is 2.36. The summed E-state index contributed by atoms with van der Waals surface area (Å²) in [7, 11) is 0. The highest BCUT2D eigenvalue weighted by atomic mass is 16.4. The fraction of sp³-hybridized carbons (Fsp3) is 0.533.